The molecule has 1 fully saturated rings. The van der Waals surface area contributed by atoms with Crippen LogP contribution in [0.1, 0.15) is 33.6 Å². The van der Waals surface area contributed by atoms with Crippen LogP contribution >= 0.6 is 11.6 Å². The summed E-state index contributed by atoms with van der Waals surface area (Å²) in [6, 6.07) is 9.33. The first-order chi connectivity index (χ1) is 9.15. The number of para-hydroxylation sites is 1. The Kier molecular flexibility index (Phi) is 5.12. The fraction of sp³-hybridized carbons (Fsp3) is 0.625. The Morgan fingerprint density at radius 1 is 1.32 bits per heavy atom. The molecular formula is C16H25ClN2. The lowest BCUT2D eigenvalue weighted by molar-refractivity contribution is 0.271. The van der Waals surface area contributed by atoms with Crippen molar-refractivity contribution in [2.75, 3.05) is 18.0 Å². The van der Waals surface area contributed by atoms with E-state index in [-0.39, 0.29) is 0 Å². The van der Waals surface area contributed by atoms with Crippen molar-refractivity contribution in [2.24, 2.45) is 5.92 Å². The maximum atomic E-state index is 6.33. The number of anilines is 1. The van der Waals surface area contributed by atoms with Crippen LogP contribution in [0.4, 0.5) is 5.69 Å². The second-order valence-corrected chi connectivity index (χ2v) is 6.00. The van der Waals surface area contributed by atoms with Crippen molar-refractivity contribution < 1.29 is 0 Å². The molecule has 3 heteroatoms. The van der Waals surface area contributed by atoms with E-state index >= 15 is 0 Å². The molecule has 0 saturated carbocycles. The highest BCUT2D eigenvalue weighted by molar-refractivity contribution is 6.33. The average molecular weight is 281 g/mol. The van der Waals surface area contributed by atoms with Crippen molar-refractivity contribution in [1.82, 2.24) is 5.32 Å². The zero-order valence-corrected chi connectivity index (χ0v) is 13.0. The van der Waals surface area contributed by atoms with Gasteiger partial charge in [0.2, 0.25) is 0 Å². The molecule has 0 amide bonds. The summed E-state index contributed by atoms with van der Waals surface area (Å²) < 4.78 is 0. The molecule has 1 aliphatic rings. The Hall–Kier alpha value is -0.730. The van der Waals surface area contributed by atoms with Gasteiger partial charge in [-0.2, -0.15) is 0 Å². The van der Waals surface area contributed by atoms with Gasteiger partial charge in [0.15, 0.2) is 0 Å². The molecule has 0 aliphatic carbocycles. The number of rotatable bonds is 4. The summed E-state index contributed by atoms with van der Waals surface area (Å²) in [6.07, 6.45) is 2.39. The number of halogens is 1. The van der Waals surface area contributed by atoms with E-state index in [9.17, 15) is 0 Å². The first-order valence-electron chi connectivity index (χ1n) is 7.39. The molecule has 3 unspecified atom stereocenters. The van der Waals surface area contributed by atoms with Crippen molar-refractivity contribution in [3.8, 4) is 0 Å². The lowest BCUT2D eigenvalue weighted by Crippen LogP contribution is -2.53. The van der Waals surface area contributed by atoms with Crippen LogP contribution in [0.15, 0.2) is 24.3 Å². The van der Waals surface area contributed by atoms with Gasteiger partial charge in [0.1, 0.15) is 0 Å². The molecule has 2 nitrogen and oxygen atoms in total. The first kappa shape index (κ1) is 14.7. The normalized spacial score (nSPS) is 27.6. The van der Waals surface area contributed by atoms with Gasteiger partial charge >= 0.3 is 0 Å². The highest BCUT2D eigenvalue weighted by atomic mass is 35.5. The van der Waals surface area contributed by atoms with E-state index in [0.717, 1.165) is 18.1 Å². The van der Waals surface area contributed by atoms with Crippen LogP contribution in [0, 0.1) is 5.92 Å². The minimum atomic E-state index is 0.517. The quantitative estimate of drug-likeness (QED) is 0.899. The van der Waals surface area contributed by atoms with Crippen molar-refractivity contribution in [3.63, 3.8) is 0 Å². The highest BCUT2D eigenvalue weighted by Gasteiger charge is 2.32. The lowest BCUT2D eigenvalue weighted by Gasteiger charge is -2.44. The molecule has 0 radical (unpaired) electrons. The van der Waals surface area contributed by atoms with Crippen molar-refractivity contribution in [3.05, 3.63) is 29.3 Å². The van der Waals surface area contributed by atoms with E-state index in [2.05, 4.69) is 43.1 Å². The summed E-state index contributed by atoms with van der Waals surface area (Å²) in [7, 11) is 0. The Labute approximate surface area is 122 Å². The Morgan fingerprint density at radius 2 is 2.05 bits per heavy atom. The molecule has 1 saturated heterocycles. The molecule has 3 atom stereocenters. The molecule has 1 N–H and O–H groups in total. The van der Waals surface area contributed by atoms with Crippen LogP contribution in [0.25, 0.3) is 0 Å². The molecule has 19 heavy (non-hydrogen) atoms. The SMILES string of the molecule is CCCNC1CCN(c2ccccc2Cl)C(C)C1C. The first-order valence-corrected chi connectivity index (χ1v) is 7.77. The van der Waals surface area contributed by atoms with Gasteiger partial charge in [-0.25, -0.2) is 0 Å². The zero-order valence-electron chi connectivity index (χ0n) is 12.2. The van der Waals surface area contributed by atoms with Crippen LogP contribution in [0.2, 0.25) is 5.02 Å². The molecule has 2 rings (SSSR count). The second-order valence-electron chi connectivity index (χ2n) is 5.59. The van der Waals surface area contributed by atoms with E-state index in [4.69, 9.17) is 11.6 Å². The Morgan fingerprint density at radius 3 is 2.74 bits per heavy atom. The fourth-order valence-electron chi connectivity index (χ4n) is 3.01. The summed E-state index contributed by atoms with van der Waals surface area (Å²) in [5.41, 5.74) is 1.18. The molecule has 0 aromatic heterocycles. The van der Waals surface area contributed by atoms with Crippen molar-refractivity contribution >= 4 is 17.3 Å². The lowest BCUT2D eigenvalue weighted by atomic mass is 9.86. The van der Waals surface area contributed by atoms with Crippen molar-refractivity contribution in [2.45, 2.75) is 45.7 Å². The third-order valence-electron chi connectivity index (χ3n) is 4.39. The average Bonchev–Trinajstić information content (AvgIpc) is 2.42. The number of nitrogens with one attached hydrogen (secondary N) is 1. The molecule has 0 bridgehead atoms. The maximum absolute atomic E-state index is 6.33. The molecule has 1 aliphatic heterocycles. The zero-order chi connectivity index (χ0) is 13.8. The standard InChI is InChI=1S/C16H25ClN2/c1-4-10-18-15-9-11-19(13(3)12(15)2)16-8-6-5-7-14(16)17/h5-8,12-13,15,18H,4,9-11H2,1-3H3. The summed E-state index contributed by atoms with van der Waals surface area (Å²) in [5, 5.41) is 4.54. The van der Waals surface area contributed by atoms with Gasteiger partial charge in [0, 0.05) is 18.6 Å². The second kappa shape index (κ2) is 6.62. The van der Waals surface area contributed by atoms with Crippen LogP contribution < -0.4 is 10.2 Å². The van der Waals surface area contributed by atoms with Crippen LogP contribution in [-0.4, -0.2) is 25.2 Å². The molecule has 1 heterocycles. The van der Waals surface area contributed by atoms with Crippen molar-refractivity contribution in [1.29, 1.82) is 0 Å². The van der Waals surface area contributed by atoms with E-state index in [1.54, 1.807) is 0 Å². The number of piperidine rings is 1. The molecule has 106 valence electrons. The smallest absolute Gasteiger partial charge is 0.0639 e. The molecule has 1 aromatic rings. The minimum Gasteiger partial charge on any atom is -0.367 e. The number of hydrogen-bond donors (Lipinski definition) is 1. The minimum absolute atomic E-state index is 0.517. The molecule has 0 spiro atoms. The van der Waals surface area contributed by atoms with Gasteiger partial charge in [0.25, 0.3) is 0 Å². The van der Waals surface area contributed by atoms with E-state index in [1.165, 1.54) is 18.5 Å². The molecule has 1 aromatic carbocycles. The van der Waals surface area contributed by atoms with Crippen LogP contribution in [0.3, 0.4) is 0 Å². The van der Waals surface area contributed by atoms with Gasteiger partial charge < -0.3 is 10.2 Å². The number of nitrogens with zero attached hydrogens (tertiary/aromatic N) is 1. The highest BCUT2D eigenvalue weighted by Crippen LogP contribution is 2.33. The third kappa shape index (κ3) is 3.24. The topological polar surface area (TPSA) is 15.3 Å². The van der Waals surface area contributed by atoms with Gasteiger partial charge in [-0.1, -0.05) is 37.6 Å². The number of benzene rings is 1. The van der Waals surface area contributed by atoms with Crippen LogP contribution in [0.5, 0.6) is 0 Å². The van der Waals surface area contributed by atoms with Gasteiger partial charge in [-0.15, -0.1) is 0 Å². The predicted molar refractivity (Wildman–Crippen MR) is 84.1 cm³/mol. The fourth-order valence-corrected chi connectivity index (χ4v) is 3.25. The van der Waals surface area contributed by atoms with E-state index < -0.39 is 0 Å². The maximum Gasteiger partial charge on any atom is 0.0639 e. The summed E-state index contributed by atoms with van der Waals surface area (Å²) >= 11 is 6.33. The monoisotopic (exact) mass is 280 g/mol. The largest absolute Gasteiger partial charge is 0.367 e. The van der Waals surface area contributed by atoms with Crippen LogP contribution in [-0.2, 0) is 0 Å². The molecular weight excluding hydrogens is 256 g/mol. The van der Waals surface area contributed by atoms with Gasteiger partial charge in [-0.05, 0) is 44.4 Å². The third-order valence-corrected chi connectivity index (χ3v) is 4.71. The Balaban J connectivity index is 2.09. The summed E-state index contributed by atoms with van der Waals surface area (Å²) in [6.45, 7) is 9.08. The van der Waals surface area contributed by atoms with Gasteiger partial charge in [-0.3, -0.25) is 0 Å². The number of hydrogen-bond acceptors (Lipinski definition) is 2. The summed E-state index contributed by atoms with van der Waals surface area (Å²) in [5.74, 6) is 0.636. The Bertz CT molecular complexity index is 407. The predicted octanol–water partition coefficient (Wildman–Crippen LogP) is 3.94. The summed E-state index contributed by atoms with van der Waals surface area (Å²) in [4.78, 5) is 2.46. The van der Waals surface area contributed by atoms with Gasteiger partial charge in [0.05, 0.1) is 10.7 Å². The van der Waals surface area contributed by atoms with E-state index in [0.29, 0.717) is 18.0 Å². The van der Waals surface area contributed by atoms with E-state index in [1.807, 2.05) is 12.1 Å².